The van der Waals surface area contributed by atoms with E-state index in [1.807, 2.05) is 50.0 Å². The average molecular weight is 460 g/mol. The Morgan fingerprint density at radius 2 is 2.18 bits per heavy atom. The summed E-state index contributed by atoms with van der Waals surface area (Å²) in [6, 6.07) is 3.41. The number of hydrogen-bond donors (Lipinski definition) is 0. The van der Waals surface area contributed by atoms with Crippen molar-refractivity contribution in [2.24, 2.45) is 0 Å². The van der Waals surface area contributed by atoms with Gasteiger partial charge >= 0.3 is 6.09 Å². The second-order valence-electron chi connectivity index (χ2n) is 9.48. The van der Waals surface area contributed by atoms with E-state index >= 15 is 0 Å². The Morgan fingerprint density at radius 3 is 2.79 bits per heavy atom. The SMILES string of the molecule is C=CCOC1=C[C@@]2(CCCC)[C@@H](OCOC)C[C@@H](/C1=C\c1ccco1)N2C(=O)OC(C)(C)C. The first-order chi connectivity index (χ1) is 15.8. The van der Waals surface area contributed by atoms with Crippen molar-refractivity contribution >= 4 is 12.2 Å². The van der Waals surface area contributed by atoms with Crippen LogP contribution in [0.15, 0.2) is 52.9 Å². The number of amides is 1. The largest absolute Gasteiger partial charge is 0.489 e. The molecule has 3 atom stereocenters. The van der Waals surface area contributed by atoms with Crippen LogP contribution >= 0.6 is 0 Å². The molecule has 0 saturated carbocycles. The lowest BCUT2D eigenvalue weighted by Crippen LogP contribution is -2.57. The van der Waals surface area contributed by atoms with Crippen LogP contribution in [0.5, 0.6) is 0 Å². The number of carbonyl (C=O) groups is 1. The van der Waals surface area contributed by atoms with Crippen LogP contribution in [0.1, 0.15) is 59.1 Å². The summed E-state index contributed by atoms with van der Waals surface area (Å²) in [7, 11) is 1.60. The highest BCUT2D eigenvalue weighted by Gasteiger charge is 2.60. The van der Waals surface area contributed by atoms with Gasteiger partial charge in [0, 0.05) is 19.1 Å². The molecule has 0 N–H and O–H groups in total. The molecule has 3 rings (SSSR count). The van der Waals surface area contributed by atoms with Crippen molar-refractivity contribution in [3.8, 4) is 0 Å². The summed E-state index contributed by atoms with van der Waals surface area (Å²) in [4.78, 5) is 15.5. The number of rotatable bonds is 10. The first-order valence-electron chi connectivity index (χ1n) is 11.6. The maximum Gasteiger partial charge on any atom is 0.411 e. The Morgan fingerprint density at radius 1 is 1.39 bits per heavy atom. The van der Waals surface area contributed by atoms with Crippen LogP contribution in [-0.2, 0) is 18.9 Å². The smallest absolute Gasteiger partial charge is 0.411 e. The highest BCUT2D eigenvalue weighted by molar-refractivity contribution is 5.75. The molecule has 182 valence electrons. The molecule has 1 aromatic rings. The Balaban J connectivity index is 2.16. The lowest BCUT2D eigenvalue weighted by molar-refractivity contribution is -0.0985. The third kappa shape index (κ3) is 5.53. The van der Waals surface area contributed by atoms with Crippen molar-refractivity contribution in [1.82, 2.24) is 4.90 Å². The molecule has 7 heteroatoms. The number of unbranched alkanes of at least 4 members (excludes halogenated alkanes) is 1. The maximum absolute atomic E-state index is 13.6. The maximum atomic E-state index is 13.6. The fourth-order valence-electron chi connectivity index (χ4n) is 4.61. The molecular weight excluding hydrogens is 422 g/mol. The van der Waals surface area contributed by atoms with Gasteiger partial charge in [0.05, 0.1) is 23.9 Å². The van der Waals surface area contributed by atoms with Gasteiger partial charge in [0.2, 0.25) is 0 Å². The Hall–Kier alpha value is -2.51. The van der Waals surface area contributed by atoms with E-state index in [-0.39, 0.29) is 25.0 Å². The van der Waals surface area contributed by atoms with Gasteiger partial charge in [-0.1, -0.05) is 32.4 Å². The van der Waals surface area contributed by atoms with E-state index < -0.39 is 11.1 Å². The molecule has 33 heavy (non-hydrogen) atoms. The molecule has 2 aliphatic heterocycles. The molecule has 0 aromatic carbocycles. The van der Waals surface area contributed by atoms with Crippen LogP contribution in [0, 0.1) is 0 Å². The number of ether oxygens (including phenoxy) is 4. The van der Waals surface area contributed by atoms with E-state index in [1.54, 1.807) is 19.4 Å². The molecule has 7 nitrogen and oxygen atoms in total. The monoisotopic (exact) mass is 459 g/mol. The van der Waals surface area contributed by atoms with Crippen LogP contribution in [0.25, 0.3) is 6.08 Å². The summed E-state index contributed by atoms with van der Waals surface area (Å²) in [5, 5.41) is 0. The Labute approximate surface area is 197 Å². The molecule has 0 aliphatic carbocycles. The van der Waals surface area contributed by atoms with Crippen LogP contribution in [-0.4, -0.2) is 54.8 Å². The fourth-order valence-corrected chi connectivity index (χ4v) is 4.61. The van der Waals surface area contributed by atoms with E-state index in [4.69, 9.17) is 23.4 Å². The van der Waals surface area contributed by atoms with E-state index in [2.05, 4.69) is 13.5 Å². The molecule has 2 bridgehead atoms. The fraction of sp³-hybridized carbons (Fsp3) is 0.577. The summed E-state index contributed by atoms with van der Waals surface area (Å²) >= 11 is 0. The highest BCUT2D eigenvalue weighted by atomic mass is 16.7. The molecule has 1 aromatic heterocycles. The van der Waals surface area contributed by atoms with Gasteiger partial charge < -0.3 is 23.4 Å². The third-order valence-electron chi connectivity index (χ3n) is 5.89. The molecular formula is C26H37NO6. The summed E-state index contributed by atoms with van der Waals surface area (Å²) in [6.45, 7) is 12.1. The molecule has 1 amide bonds. The first kappa shape index (κ1) is 25.1. The van der Waals surface area contributed by atoms with Crippen molar-refractivity contribution in [2.75, 3.05) is 20.5 Å². The van der Waals surface area contributed by atoms with Gasteiger partial charge in [-0.05, 0) is 51.5 Å². The molecule has 2 aliphatic rings. The first-order valence-corrected chi connectivity index (χ1v) is 11.6. The van der Waals surface area contributed by atoms with Crippen molar-refractivity contribution in [3.63, 3.8) is 0 Å². The third-order valence-corrected chi connectivity index (χ3v) is 5.89. The van der Waals surface area contributed by atoms with Gasteiger partial charge in [0.25, 0.3) is 0 Å². The molecule has 0 spiro atoms. The lowest BCUT2D eigenvalue weighted by atomic mass is 9.85. The molecule has 1 fully saturated rings. The molecule has 0 radical (unpaired) electrons. The van der Waals surface area contributed by atoms with Crippen LogP contribution in [0.4, 0.5) is 4.79 Å². The predicted octanol–water partition coefficient (Wildman–Crippen LogP) is 5.69. The highest BCUT2D eigenvalue weighted by Crippen LogP contribution is 2.50. The normalized spacial score (nSPS) is 25.8. The quantitative estimate of drug-likeness (QED) is 0.331. The van der Waals surface area contributed by atoms with Gasteiger partial charge in [0.15, 0.2) is 0 Å². The minimum absolute atomic E-state index is 0.140. The van der Waals surface area contributed by atoms with E-state index in [9.17, 15) is 4.79 Å². The van der Waals surface area contributed by atoms with Gasteiger partial charge in [0.1, 0.15) is 30.5 Å². The minimum Gasteiger partial charge on any atom is -0.489 e. The molecule has 3 heterocycles. The topological polar surface area (TPSA) is 70.4 Å². The minimum atomic E-state index is -0.710. The van der Waals surface area contributed by atoms with Crippen molar-refractivity contribution in [1.29, 1.82) is 0 Å². The van der Waals surface area contributed by atoms with Crippen molar-refractivity contribution < 1.29 is 28.2 Å². The van der Waals surface area contributed by atoms with Crippen LogP contribution in [0.2, 0.25) is 0 Å². The van der Waals surface area contributed by atoms with Gasteiger partial charge in [-0.2, -0.15) is 0 Å². The predicted molar refractivity (Wildman–Crippen MR) is 126 cm³/mol. The number of methoxy groups -OCH3 is 1. The summed E-state index contributed by atoms with van der Waals surface area (Å²) in [6.07, 6.45) is 9.89. The summed E-state index contributed by atoms with van der Waals surface area (Å²) in [5.74, 6) is 1.40. The van der Waals surface area contributed by atoms with E-state index in [1.165, 1.54) is 0 Å². The Kier molecular flexibility index (Phi) is 8.08. The molecule has 0 unspecified atom stereocenters. The van der Waals surface area contributed by atoms with Crippen LogP contribution < -0.4 is 0 Å². The number of nitrogens with zero attached hydrogens (tertiary/aromatic N) is 1. The number of carbonyl (C=O) groups excluding carboxylic acids is 1. The van der Waals surface area contributed by atoms with Crippen LogP contribution in [0.3, 0.4) is 0 Å². The van der Waals surface area contributed by atoms with Crippen molar-refractivity contribution in [3.05, 3.63) is 54.2 Å². The van der Waals surface area contributed by atoms with Crippen molar-refractivity contribution in [2.45, 2.75) is 76.7 Å². The lowest BCUT2D eigenvalue weighted by Gasteiger charge is -2.45. The van der Waals surface area contributed by atoms with Gasteiger partial charge in [-0.25, -0.2) is 4.79 Å². The second-order valence-corrected chi connectivity index (χ2v) is 9.48. The average Bonchev–Trinajstić information content (AvgIpc) is 3.34. The summed E-state index contributed by atoms with van der Waals surface area (Å²) in [5.41, 5.74) is -0.480. The zero-order chi connectivity index (χ0) is 24.1. The summed E-state index contributed by atoms with van der Waals surface area (Å²) < 4.78 is 29.0. The number of hydrogen-bond acceptors (Lipinski definition) is 6. The van der Waals surface area contributed by atoms with E-state index in [0.29, 0.717) is 18.8 Å². The number of fused-ring (bicyclic) bond motifs is 2. The zero-order valence-corrected chi connectivity index (χ0v) is 20.5. The number of furan rings is 1. The zero-order valence-electron chi connectivity index (χ0n) is 20.5. The second kappa shape index (κ2) is 10.6. The van der Waals surface area contributed by atoms with E-state index in [0.717, 1.165) is 30.6 Å². The molecule has 1 saturated heterocycles. The Bertz CT molecular complexity index is 866. The standard InChI is InChI=1S/C26H37NO6/c1-7-9-12-26-17-22(31-13-8-2)20(15-19-11-10-14-30-19)21(16-23(26)32-18-29-6)27(26)24(28)33-25(3,4)5/h8,10-11,14-15,17,21,23H,2,7,9,12-13,16,18H2,1,3-6H3/b20-15+/t21-,23-,26-/m0/s1. The van der Waals surface area contributed by atoms with Gasteiger partial charge in [-0.15, -0.1) is 0 Å². The van der Waals surface area contributed by atoms with Gasteiger partial charge in [-0.3, -0.25) is 4.90 Å².